The standard InChI is InChI=1S/C23H18ClNO5/c24-17-5-1-15(2-6-17)23(27)16-3-8-19(9-4-16)30-14-22(26)25-18-7-10-20-21(13-18)29-12-11-28-20/h1-10,13H,11-12,14H2,(H,25,26). The molecule has 0 atom stereocenters. The Morgan fingerprint density at radius 2 is 1.50 bits per heavy atom. The second kappa shape index (κ2) is 8.88. The zero-order valence-corrected chi connectivity index (χ0v) is 16.6. The summed E-state index contributed by atoms with van der Waals surface area (Å²) in [6.45, 7) is 0.819. The summed E-state index contributed by atoms with van der Waals surface area (Å²) < 4.78 is 16.5. The zero-order chi connectivity index (χ0) is 20.9. The van der Waals surface area contributed by atoms with E-state index in [0.29, 0.717) is 52.3 Å². The van der Waals surface area contributed by atoms with E-state index in [1.54, 1.807) is 66.7 Å². The maximum atomic E-state index is 12.5. The lowest BCUT2D eigenvalue weighted by Crippen LogP contribution is -2.20. The van der Waals surface area contributed by atoms with E-state index in [1.807, 2.05) is 0 Å². The van der Waals surface area contributed by atoms with Crippen LogP contribution in [0.25, 0.3) is 0 Å². The maximum Gasteiger partial charge on any atom is 0.262 e. The van der Waals surface area contributed by atoms with Gasteiger partial charge in [0.2, 0.25) is 0 Å². The van der Waals surface area contributed by atoms with Crippen molar-refractivity contribution in [2.24, 2.45) is 0 Å². The van der Waals surface area contributed by atoms with E-state index in [-0.39, 0.29) is 18.3 Å². The minimum Gasteiger partial charge on any atom is -0.486 e. The number of hydrogen-bond donors (Lipinski definition) is 1. The van der Waals surface area contributed by atoms with Crippen molar-refractivity contribution in [3.8, 4) is 17.2 Å². The van der Waals surface area contributed by atoms with Gasteiger partial charge in [-0.25, -0.2) is 0 Å². The Balaban J connectivity index is 1.32. The average Bonchev–Trinajstić information content (AvgIpc) is 2.78. The fourth-order valence-electron chi connectivity index (χ4n) is 2.94. The Kier molecular flexibility index (Phi) is 5.86. The first-order chi connectivity index (χ1) is 14.6. The fraction of sp³-hybridized carbons (Fsp3) is 0.130. The summed E-state index contributed by atoms with van der Waals surface area (Å²) >= 11 is 5.85. The summed E-state index contributed by atoms with van der Waals surface area (Å²) in [5.74, 6) is 1.31. The summed E-state index contributed by atoms with van der Waals surface area (Å²) in [6.07, 6.45) is 0. The molecule has 0 bridgehead atoms. The number of benzene rings is 3. The Bertz CT molecular complexity index is 1060. The Morgan fingerprint density at radius 3 is 2.20 bits per heavy atom. The number of amides is 1. The van der Waals surface area contributed by atoms with E-state index in [0.717, 1.165) is 0 Å². The van der Waals surface area contributed by atoms with E-state index < -0.39 is 0 Å². The molecule has 3 aromatic rings. The van der Waals surface area contributed by atoms with Crippen molar-refractivity contribution in [1.82, 2.24) is 0 Å². The second-order valence-corrected chi connectivity index (χ2v) is 6.99. The van der Waals surface area contributed by atoms with Crippen molar-refractivity contribution in [3.05, 3.63) is 82.9 Å². The summed E-state index contributed by atoms with van der Waals surface area (Å²) in [7, 11) is 0. The molecule has 30 heavy (non-hydrogen) atoms. The van der Waals surface area contributed by atoms with E-state index in [1.165, 1.54) is 0 Å². The third kappa shape index (κ3) is 4.72. The highest BCUT2D eigenvalue weighted by atomic mass is 35.5. The molecule has 6 nitrogen and oxygen atoms in total. The third-order valence-corrected chi connectivity index (χ3v) is 4.67. The molecule has 0 saturated carbocycles. The number of hydrogen-bond acceptors (Lipinski definition) is 5. The first-order valence-corrected chi connectivity index (χ1v) is 9.69. The van der Waals surface area contributed by atoms with E-state index in [4.69, 9.17) is 25.8 Å². The lowest BCUT2D eigenvalue weighted by Gasteiger charge is -2.19. The first-order valence-electron chi connectivity index (χ1n) is 9.31. The van der Waals surface area contributed by atoms with Gasteiger partial charge in [-0.2, -0.15) is 0 Å². The maximum absolute atomic E-state index is 12.5. The van der Waals surface area contributed by atoms with Crippen LogP contribution >= 0.6 is 11.6 Å². The summed E-state index contributed by atoms with van der Waals surface area (Å²) in [5.41, 5.74) is 1.66. The van der Waals surface area contributed by atoms with Gasteiger partial charge in [-0.15, -0.1) is 0 Å². The van der Waals surface area contributed by atoms with E-state index >= 15 is 0 Å². The molecule has 1 aliphatic heterocycles. The first kappa shape index (κ1) is 19.8. The topological polar surface area (TPSA) is 73.9 Å². The SMILES string of the molecule is O=C(COc1ccc(C(=O)c2ccc(Cl)cc2)cc1)Nc1ccc2c(c1)OCCO2. The van der Waals surface area contributed by atoms with Gasteiger partial charge in [0.1, 0.15) is 19.0 Å². The van der Waals surface area contributed by atoms with Gasteiger partial charge in [0, 0.05) is 27.9 Å². The molecule has 152 valence electrons. The van der Waals surface area contributed by atoms with Gasteiger partial charge >= 0.3 is 0 Å². The Morgan fingerprint density at radius 1 is 0.867 bits per heavy atom. The molecule has 1 amide bonds. The Labute approximate surface area is 178 Å². The molecule has 1 N–H and O–H groups in total. The summed E-state index contributed by atoms with van der Waals surface area (Å²) in [5, 5.41) is 3.33. The molecular weight excluding hydrogens is 406 g/mol. The molecule has 0 aromatic heterocycles. The van der Waals surface area contributed by atoms with Gasteiger partial charge in [0.15, 0.2) is 23.9 Å². The largest absolute Gasteiger partial charge is 0.486 e. The molecule has 4 rings (SSSR count). The van der Waals surface area contributed by atoms with Gasteiger partial charge in [-0.1, -0.05) is 11.6 Å². The lowest BCUT2D eigenvalue weighted by molar-refractivity contribution is -0.118. The number of anilines is 1. The second-order valence-electron chi connectivity index (χ2n) is 6.56. The minimum atomic E-state index is -0.312. The molecular formula is C23H18ClNO5. The van der Waals surface area contributed by atoms with Crippen LogP contribution in [-0.2, 0) is 4.79 Å². The fourth-order valence-corrected chi connectivity index (χ4v) is 3.06. The molecule has 0 saturated heterocycles. The lowest BCUT2D eigenvalue weighted by atomic mass is 10.0. The number of rotatable bonds is 6. The summed E-state index contributed by atoms with van der Waals surface area (Å²) in [6, 6.07) is 18.5. The summed E-state index contributed by atoms with van der Waals surface area (Å²) in [4.78, 5) is 24.6. The number of ether oxygens (including phenoxy) is 3. The van der Waals surface area contributed by atoms with Crippen LogP contribution in [-0.4, -0.2) is 31.5 Å². The molecule has 0 aliphatic carbocycles. The molecule has 0 radical (unpaired) electrons. The van der Waals surface area contributed by atoms with Crippen molar-refractivity contribution < 1.29 is 23.8 Å². The number of ketones is 1. The molecule has 0 spiro atoms. The van der Waals surface area contributed by atoms with Crippen molar-refractivity contribution in [2.45, 2.75) is 0 Å². The van der Waals surface area contributed by atoms with Crippen LogP contribution < -0.4 is 19.5 Å². The van der Waals surface area contributed by atoms with Crippen LogP contribution in [0.3, 0.4) is 0 Å². The van der Waals surface area contributed by atoms with Crippen LogP contribution in [0.1, 0.15) is 15.9 Å². The molecule has 7 heteroatoms. The highest BCUT2D eigenvalue weighted by Gasteiger charge is 2.13. The number of nitrogens with one attached hydrogen (secondary N) is 1. The van der Waals surface area contributed by atoms with Gasteiger partial charge < -0.3 is 19.5 Å². The highest BCUT2D eigenvalue weighted by molar-refractivity contribution is 6.30. The van der Waals surface area contributed by atoms with Crippen LogP contribution in [0.15, 0.2) is 66.7 Å². The number of halogens is 1. The van der Waals surface area contributed by atoms with Crippen molar-refractivity contribution >= 4 is 29.0 Å². The molecule has 0 unspecified atom stereocenters. The smallest absolute Gasteiger partial charge is 0.262 e. The van der Waals surface area contributed by atoms with Crippen molar-refractivity contribution in [3.63, 3.8) is 0 Å². The van der Waals surface area contributed by atoms with Gasteiger partial charge in [0.25, 0.3) is 5.91 Å². The number of carbonyl (C=O) groups is 2. The predicted octanol–water partition coefficient (Wildman–Crippen LogP) is 4.36. The monoisotopic (exact) mass is 423 g/mol. The number of carbonyl (C=O) groups excluding carboxylic acids is 2. The van der Waals surface area contributed by atoms with Gasteiger partial charge in [0.05, 0.1) is 0 Å². The van der Waals surface area contributed by atoms with Crippen LogP contribution in [0.2, 0.25) is 5.02 Å². The predicted molar refractivity (Wildman–Crippen MR) is 113 cm³/mol. The van der Waals surface area contributed by atoms with Crippen molar-refractivity contribution in [1.29, 1.82) is 0 Å². The molecule has 3 aromatic carbocycles. The highest BCUT2D eigenvalue weighted by Crippen LogP contribution is 2.32. The number of fused-ring (bicyclic) bond motifs is 1. The average molecular weight is 424 g/mol. The van der Waals surface area contributed by atoms with E-state index in [9.17, 15) is 9.59 Å². The molecule has 1 aliphatic rings. The van der Waals surface area contributed by atoms with E-state index in [2.05, 4.69) is 5.32 Å². The van der Waals surface area contributed by atoms with Gasteiger partial charge in [-0.3, -0.25) is 9.59 Å². The Hall–Kier alpha value is -3.51. The quantitative estimate of drug-likeness (QED) is 0.596. The van der Waals surface area contributed by atoms with Gasteiger partial charge in [-0.05, 0) is 60.7 Å². The normalized spacial score (nSPS) is 12.2. The zero-order valence-electron chi connectivity index (χ0n) is 15.9. The van der Waals surface area contributed by atoms with Crippen LogP contribution in [0.4, 0.5) is 5.69 Å². The molecule has 0 fully saturated rings. The molecule has 1 heterocycles. The van der Waals surface area contributed by atoms with Crippen LogP contribution in [0.5, 0.6) is 17.2 Å². The van der Waals surface area contributed by atoms with Crippen molar-refractivity contribution in [2.75, 3.05) is 25.1 Å². The minimum absolute atomic E-state index is 0.116. The van der Waals surface area contributed by atoms with Crippen LogP contribution in [0, 0.1) is 0 Å². The third-order valence-electron chi connectivity index (χ3n) is 4.42.